The van der Waals surface area contributed by atoms with E-state index in [4.69, 9.17) is 4.74 Å². The second-order valence-corrected chi connectivity index (χ2v) is 7.57. The summed E-state index contributed by atoms with van der Waals surface area (Å²) >= 11 is 0. The average molecular weight is 421 g/mol. The highest BCUT2D eigenvalue weighted by Gasteiger charge is 2.26. The minimum absolute atomic E-state index is 0.0754. The zero-order chi connectivity index (χ0) is 21.6. The third kappa shape index (κ3) is 5.53. The summed E-state index contributed by atoms with van der Waals surface area (Å²) in [5.74, 6) is 1.33. The van der Waals surface area contributed by atoms with E-state index in [0.717, 1.165) is 24.1 Å². The van der Waals surface area contributed by atoms with Crippen LogP contribution in [0.1, 0.15) is 30.0 Å². The van der Waals surface area contributed by atoms with Crippen molar-refractivity contribution in [1.29, 1.82) is 0 Å². The summed E-state index contributed by atoms with van der Waals surface area (Å²) in [6.45, 7) is 3.17. The highest BCUT2D eigenvalue weighted by atomic mass is 19.1. The monoisotopic (exact) mass is 421 g/mol. The van der Waals surface area contributed by atoms with Crippen molar-refractivity contribution in [2.45, 2.75) is 25.7 Å². The molecule has 1 aliphatic heterocycles. The first-order valence-corrected chi connectivity index (χ1v) is 10.3. The molecule has 1 unspecified atom stereocenters. The Morgan fingerprint density at radius 1 is 1.19 bits per heavy atom. The fraction of sp³-hybridized carbons (Fsp3) is 0.304. The highest BCUT2D eigenvalue weighted by Crippen LogP contribution is 2.26. The van der Waals surface area contributed by atoms with E-state index in [2.05, 4.69) is 20.3 Å². The van der Waals surface area contributed by atoms with E-state index >= 15 is 0 Å². The van der Waals surface area contributed by atoms with Crippen LogP contribution in [0.5, 0.6) is 5.75 Å². The molecule has 0 spiro atoms. The number of hydrogen-bond acceptors (Lipinski definition) is 6. The summed E-state index contributed by atoms with van der Waals surface area (Å²) in [6, 6.07) is 11.4. The van der Waals surface area contributed by atoms with Gasteiger partial charge in [0.25, 0.3) is 5.91 Å². The Bertz CT molecular complexity index is 1030. The van der Waals surface area contributed by atoms with Gasteiger partial charge in [-0.3, -0.25) is 4.79 Å². The maximum Gasteiger partial charge on any atom is 0.260 e. The molecule has 1 aromatic carbocycles. The number of amides is 1. The number of hydrogen-bond donors (Lipinski definition) is 1. The second kappa shape index (κ2) is 9.51. The molecule has 1 atom stereocenters. The molecule has 0 bridgehead atoms. The number of nitrogens with zero attached hydrogens (tertiary/aromatic N) is 4. The molecule has 4 rings (SSSR count). The fourth-order valence-electron chi connectivity index (χ4n) is 3.53. The lowest BCUT2D eigenvalue weighted by Gasteiger charge is -2.32. The van der Waals surface area contributed by atoms with Crippen LogP contribution in [0.3, 0.4) is 0 Å². The van der Waals surface area contributed by atoms with Gasteiger partial charge in [0.05, 0.1) is 5.69 Å². The number of piperidine rings is 1. The quantitative estimate of drug-likeness (QED) is 0.651. The van der Waals surface area contributed by atoms with Gasteiger partial charge in [0.2, 0.25) is 5.95 Å². The van der Waals surface area contributed by atoms with Gasteiger partial charge >= 0.3 is 0 Å². The Labute approximate surface area is 180 Å². The van der Waals surface area contributed by atoms with Crippen molar-refractivity contribution in [2.24, 2.45) is 0 Å². The predicted octanol–water partition coefficient (Wildman–Crippen LogP) is 3.85. The van der Waals surface area contributed by atoms with Gasteiger partial charge < -0.3 is 15.0 Å². The molecule has 3 aromatic rings. The fourth-order valence-corrected chi connectivity index (χ4v) is 3.53. The highest BCUT2D eigenvalue weighted by molar-refractivity contribution is 5.78. The van der Waals surface area contributed by atoms with Crippen LogP contribution in [0.2, 0.25) is 0 Å². The van der Waals surface area contributed by atoms with Crippen LogP contribution in [0.4, 0.5) is 16.2 Å². The molecule has 31 heavy (non-hydrogen) atoms. The number of halogens is 1. The topological polar surface area (TPSA) is 80.2 Å². The van der Waals surface area contributed by atoms with E-state index in [0.29, 0.717) is 30.6 Å². The predicted molar refractivity (Wildman–Crippen MR) is 115 cm³/mol. The summed E-state index contributed by atoms with van der Waals surface area (Å²) in [4.78, 5) is 27.7. The zero-order valence-corrected chi connectivity index (χ0v) is 17.3. The standard InChI is InChI=1S/C23H24FN5O2/c1-16-4-9-21(26-13-16)28-23-25-11-10-20(27-23)17-3-2-12-29(14-17)22(30)15-31-19-7-5-18(24)6-8-19/h4-11,13,17H,2-3,12,14-15H2,1H3,(H,25,26,27,28). The Balaban J connectivity index is 1.37. The van der Waals surface area contributed by atoms with Gasteiger partial charge in [-0.25, -0.2) is 19.3 Å². The van der Waals surface area contributed by atoms with Crippen LogP contribution in [-0.4, -0.2) is 45.5 Å². The number of anilines is 2. The normalized spacial score (nSPS) is 16.1. The first kappa shape index (κ1) is 20.7. The van der Waals surface area contributed by atoms with Gasteiger partial charge in [-0.15, -0.1) is 0 Å². The van der Waals surface area contributed by atoms with E-state index in [1.165, 1.54) is 24.3 Å². The lowest BCUT2D eigenvalue weighted by molar-refractivity contribution is -0.134. The minimum atomic E-state index is -0.339. The Hall–Kier alpha value is -3.55. The molecular formula is C23H24FN5O2. The number of rotatable bonds is 6. The summed E-state index contributed by atoms with van der Waals surface area (Å²) in [7, 11) is 0. The van der Waals surface area contributed by atoms with Crippen molar-refractivity contribution in [1.82, 2.24) is 19.9 Å². The van der Waals surface area contributed by atoms with Crippen molar-refractivity contribution in [3.8, 4) is 5.75 Å². The van der Waals surface area contributed by atoms with Gasteiger partial charge in [0, 0.05) is 31.4 Å². The summed E-state index contributed by atoms with van der Waals surface area (Å²) in [6.07, 6.45) is 5.34. The smallest absolute Gasteiger partial charge is 0.260 e. The van der Waals surface area contributed by atoms with Crippen molar-refractivity contribution in [2.75, 3.05) is 25.0 Å². The largest absolute Gasteiger partial charge is 0.484 e. The lowest BCUT2D eigenvalue weighted by Crippen LogP contribution is -2.41. The Morgan fingerprint density at radius 3 is 2.81 bits per heavy atom. The minimum Gasteiger partial charge on any atom is -0.484 e. The molecule has 1 amide bonds. The number of likely N-dealkylation sites (tertiary alicyclic amines) is 1. The molecule has 7 nitrogen and oxygen atoms in total. The van der Waals surface area contributed by atoms with Crippen molar-refractivity contribution in [3.05, 3.63) is 71.9 Å². The SMILES string of the molecule is Cc1ccc(Nc2nccc(C3CCCN(C(=O)COc4ccc(F)cc4)C3)n2)nc1. The number of nitrogens with one attached hydrogen (secondary N) is 1. The molecule has 0 saturated carbocycles. The van der Waals surface area contributed by atoms with E-state index in [-0.39, 0.29) is 24.2 Å². The first-order chi connectivity index (χ1) is 15.1. The van der Waals surface area contributed by atoms with Crippen molar-refractivity contribution in [3.63, 3.8) is 0 Å². The molecule has 0 radical (unpaired) electrons. The number of aromatic nitrogens is 3. The molecule has 1 N–H and O–H groups in total. The number of pyridine rings is 1. The summed E-state index contributed by atoms with van der Waals surface area (Å²) in [5, 5.41) is 3.13. The number of carbonyl (C=O) groups excluding carboxylic acids is 1. The Kier molecular flexibility index (Phi) is 6.35. The lowest BCUT2D eigenvalue weighted by atomic mass is 9.94. The molecule has 160 valence electrons. The summed E-state index contributed by atoms with van der Waals surface area (Å²) in [5.41, 5.74) is 1.97. The maximum atomic E-state index is 13.0. The van der Waals surface area contributed by atoms with E-state index in [9.17, 15) is 9.18 Å². The molecule has 1 fully saturated rings. The third-order valence-corrected chi connectivity index (χ3v) is 5.20. The molecular weight excluding hydrogens is 397 g/mol. The van der Waals surface area contributed by atoms with Crippen LogP contribution in [0, 0.1) is 12.7 Å². The average Bonchev–Trinajstić information content (AvgIpc) is 2.80. The van der Waals surface area contributed by atoms with E-state index in [1.807, 2.05) is 25.1 Å². The van der Waals surface area contributed by atoms with E-state index in [1.54, 1.807) is 17.3 Å². The van der Waals surface area contributed by atoms with E-state index < -0.39 is 0 Å². The Morgan fingerprint density at radius 2 is 2.03 bits per heavy atom. The van der Waals surface area contributed by atoms with Crippen LogP contribution in [0.15, 0.2) is 54.9 Å². The summed E-state index contributed by atoms with van der Waals surface area (Å²) < 4.78 is 18.5. The van der Waals surface area contributed by atoms with Gasteiger partial charge in [0.15, 0.2) is 6.61 Å². The number of carbonyl (C=O) groups is 1. The molecule has 1 saturated heterocycles. The third-order valence-electron chi connectivity index (χ3n) is 5.20. The number of benzene rings is 1. The first-order valence-electron chi connectivity index (χ1n) is 10.3. The van der Waals surface area contributed by atoms with Gasteiger partial charge in [-0.1, -0.05) is 6.07 Å². The van der Waals surface area contributed by atoms with Crippen LogP contribution in [-0.2, 0) is 4.79 Å². The van der Waals surface area contributed by atoms with Crippen molar-refractivity contribution < 1.29 is 13.9 Å². The van der Waals surface area contributed by atoms with Crippen LogP contribution >= 0.6 is 0 Å². The molecule has 8 heteroatoms. The molecule has 2 aromatic heterocycles. The van der Waals surface area contributed by atoms with Crippen molar-refractivity contribution >= 4 is 17.7 Å². The number of ether oxygens (including phenoxy) is 1. The van der Waals surface area contributed by atoms with Crippen LogP contribution < -0.4 is 10.1 Å². The van der Waals surface area contributed by atoms with Gasteiger partial charge in [-0.05, 0) is 61.7 Å². The molecule has 0 aliphatic carbocycles. The second-order valence-electron chi connectivity index (χ2n) is 7.57. The zero-order valence-electron chi connectivity index (χ0n) is 17.3. The van der Waals surface area contributed by atoms with Gasteiger partial charge in [0.1, 0.15) is 17.4 Å². The maximum absolute atomic E-state index is 13.0. The molecule has 3 heterocycles. The molecule has 1 aliphatic rings. The van der Waals surface area contributed by atoms with Crippen LogP contribution in [0.25, 0.3) is 0 Å². The number of aryl methyl sites for hydroxylation is 1. The van der Waals surface area contributed by atoms with Gasteiger partial charge in [-0.2, -0.15) is 0 Å².